The molecule has 0 fully saturated rings. The van der Waals surface area contributed by atoms with Gasteiger partial charge in [0.2, 0.25) is 0 Å². The highest BCUT2D eigenvalue weighted by Gasteiger charge is 2.17. The summed E-state index contributed by atoms with van der Waals surface area (Å²) in [7, 11) is 4.07. The number of hydrogen-bond donors (Lipinski definition) is 2. The Morgan fingerprint density at radius 2 is 1.96 bits per heavy atom. The maximum absolute atomic E-state index is 12.4. The highest BCUT2D eigenvalue weighted by Crippen LogP contribution is 2.14. The number of benzene rings is 1. The lowest BCUT2D eigenvalue weighted by Crippen LogP contribution is -2.43. The van der Waals surface area contributed by atoms with Gasteiger partial charge in [0.1, 0.15) is 0 Å². The second-order valence-corrected chi connectivity index (χ2v) is 7.50. The van der Waals surface area contributed by atoms with Gasteiger partial charge >= 0.3 is 0 Å². The first-order chi connectivity index (χ1) is 10.6. The highest BCUT2D eigenvalue weighted by atomic mass is 16.3. The first kappa shape index (κ1) is 19.7. The number of aryl methyl sites for hydroxylation is 1. The molecule has 2 N–H and O–H groups in total. The molecule has 0 radical (unpaired) electrons. The zero-order valence-corrected chi connectivity index (χ0v) is 15.4. The van der Waals surface area contributed by atoms with Crippen LogP contribution in [0.5, 0.6) is 0 Å². The van der Waals surface area contributed by atoms with Gasteiger partial charge in [0.15, 0.2) is 0 Å². The minimum absolute atomic E-state index is 0.0393. The van der Waals surface area contributed by atoms with Crippen molar-refractivity contribution in [2.24, 2.45) is 5.92 Å². The van der Waals surface area contributed by atoms with Crippen LogP contribution in [0.25, 0.3) is 0 Å². The number of hydrogen-bond acceptors (Lipinski definition) is 3. The summed E-state index contributed by atoms with van der Waals surface area (Å²) in [6.07, 6.45) is 1.44. The van der Waals surface area contributed by atoms with Gasteiger partial charge in [-0.15, -0.1) is 0 Å². The molecule has 0 saturated heterocycles. The Kier molecular flexibility index (Phi) is 7.23. The molecule has 4 nitrogen and oxygen atoms in total. The Morgan fingerprint density at radius 3 is 2.48 bits per heavy atom. The van der Waals surface area contributed by atoms with Gasteiger partial charge in [-0.3, -0.25) is 4.79 Å². The highest BCUT2D eigenvalue weighted by molar-refractivity contribution is 5.94. The predicted octanol–water partition coefficient (Wildman–Crippen LogP) is 2.71. The van der Waals surface area contributed by atoms with Gasteiger partial charge in [0.05, 0.1) is 5.60 Å². The van der Waals surface area contributed by atoms with Gasteiger partial charge < -0.3 is 15.3 Å². The maximum Gasteiger partial charge on any atom is 0.251 e. The fourth-order valence-corrected chi connectivity index (χ4v) is 2.63. The molecule has 0 saturated carbocycles. The van der Waals surface area contributed by atoms with Crippen molar-refractivity contribution in [2.75, 3.05) is 20.6 Å². The van der Waals surface area contributed by atoms with E-state index in [1.165, 1.54) is 0 Å². The van der Waals surface area contributed by atoms with E-state index in [9.17, 15) is 9.90 Å². The zero-order valence-electron chi connectivity index (χ0n) is 15.4. The lowest BCUT2D eigenvalue weighted by molar-refractivity contribution is 0.0714. The van der Waals surface area contributed by atoms with Crippen LogP contribution in [0.4, 0.5) is 0 Å². The molecule has 23 heavy (non-hydrogen) atoms. The van der Waals surface area contributed by atoms with Gasteiger partial charge in [-0.2, -0.15) is 0 Å². The van der Waals surface area contributed by atoms with Crippen LogP contribution in [0.2, 0.25) is 0 Å². The second-order valence-electron chi connectivity index (χ2n) is 7.50. The summed E-state index contributed by atoms with van der Waals surface area (Å²) in [5, 5.41) is 12.9. The molecule has 0 aliphatic carbocycles. The number of carbonyl (C=O) groups excluding carboxylic acids is 1. The standard InChI is InChI=1S/C19H32N2O2/c1-14(2)17(21(5)6)13-20-18(22)16-9-7-8-15(12-16)10-11-19(3,4)23/h7-9,12,14,17,23H,10-11,13H2,1-6H3,(H,20,22)/t17-/m0/s1. The molecule has 0 aromatic heterocycles. The number of aliphatic hydroxyl groups is 1. The molecule has 0 spiro atoms. The van der Waals surface area contributed by atoms with E-state index in [1.807, 2.05) is 38.4 Å². The van der Waals surface area contributed by atoms with Crippen molar-refractivity contribution in [3.05, 3.63) is 35.4 Å². The van der Waals surface area contributed by atoms with Crippen molar-refractivity contribution in [1.29, 1.82) is 0 Å². The average molecular weight is 320 g/mol. The lowest BCUT2D eigenvalue weighted by atomic mass is 9.97. The SMILES string of the molecule is CC(C)[C@H](CNC(=O)c1cccc(CCC(C)(C)O)c1)N(C)C. The van der Waals surface area contributed by atoms with E-state index >= 15 is 0 Å². The second kappa shape index (κ2) is 8.46. The average Bonchev–Trinajstić information content (AvgIpc) is 2.44. The minimum atomic E-state index is -0.686. The van der Waals surface area contributed by atoms with E-state index in [2.05, 4.69) is 24.1 Å². The van der Waals surface area contributed by atoms with E-state index in [1.54, 1.807) is 13.8 Å². The van der Waals surface area contributed by atoms with E-state index in [0.29, 0.717) is 30.5 Å². The van der Waals surface area contributed by atoms with Gasteiger partial charge in [-0.05, 0) is 64.4 Å². The van der Waals surface area contributed by atoms with Gasteiger partial charge in [-0.1, -0.05) is 26.0 Å². The fraction of sp³-hybridized carbons (Fsp3) is 0.632. The molecule has 1 aromatic rings. The molecule has 1 amide bonds. The summed E-state index contributed by atoms with van der Waals surface area (Å²) in [4.78, 5) is 14.5. The number of nitrogens with one attached hydrogen (secondary N) is 1. The predicted molar refractivity (Wildman–Crippen MR) is 95.7 cm³/mol. The summed E-state index contributed by atoms with van der Waals surface area (Å²) < 4.78 is 0. The zero-order chi connectivity index (χ0) is 17.6. The number of carbonyl (C=O) groups is 1. The number of amides is 1. The normalized spacial score (nSPS) is 13.4. The van der Waals surface area contributed by atoms with Gasteiger partial charge in [0, 0.05) is 18.2 Å². The van der Waals surface area contributed by atoms with Crippen LogP contribution in [-0.4, -0.2) is 48.2 Å². The monoisotopic (exact) mass is 320 g/mol. The van der Waals surface area contributed by atoms with Crippen LogP contribution in [0.15, 0.2) is 24.3 Å². The van der Waals surface area contributed by atoms with E-state index in [-0.39, 0.29) is 5.91 Å². The molecule has 0 unspecified atom stereocenters. The Labute approximate surface area is 140 Å². The Balaban J connectivity index is 2.66. The van der Waals surface area contributed by atoms with Crippen molar-refractivity contribution in [1.82, 2.24) is 10.2 Å². The third kappa shape index (κ3) is 7.14. The van der Waals surface area contributed by atoms with Gasteiger partial charge in [0.25, 0.3) is 5.91 Å². The number of rotatable bonds is 8. The summed E-state index contributed by atoms with van der Waals surface area (Å²) in [6, 6.07) is 7.97. The molecule has 130 valence electrons. The van der Waals surface area contributed by atoms with Gasteiger partial charge in [-0.25, -0.2) is 0 Å². The first-order valence-electron chi connectivity index (χ1n) is 8.36. The third-order valence-corrected chi connectivity index (χ3v) is 4.12. The third-order valence-electron chi connectivity index (χ3n) is 4.12. The van der Waals surface area contributed by atoms with Crippen molar-refractivity contribution in [2.45, 2.75) is 52.2 Å². The number of likely N-dealkylation sites (N-methyl/N-ethyl adjacent to an activating group) is 1. The van der Waals surface area contributed by atoms with Crippen molar-refractivity contribution in [3.8, 4) is 0 Å². The van der Waals surface area contributed by atoms with Crippen LogP contribution in [0, 0.1) is 5.92 Å². The molecule has 4 heteroatoms. The van der Waals surface area contributed by atoms with E-state index in [4.69, 9.17) is 0 Å². The molecule has 1 aromatic carbocycles. The van der Waals surface area contributed by atoms with Crippen molar-refractivity contribution >= 4 is 5.91 Å². The number of nitrogens with zero attached hydrogens (tertiary/aromatic N) is 1. The molecule has 1 rings (SSSR count). The molecule has 0 bridgehead atoms. The van der Waals surface area contributed by atoms with Crippen LogP contribution in [0.1, 0.15) is 50.0 Å². The van der Waals surface area contributed by atoms with Crippen LogP contribution < -0.4 is 5.32 Å². The maximum atomic E-state index is 12.4. The first-order valence-corrected chi connectivity index (χ1v) is 8.36. The molecule has 1 atom stereocenters. The Hall–Kier alpha value is -1.39. The summed E-state index contributed by atoms with van der Waals surface area (Å²) in [5.41, 5.74) is 1.07. The lowest BCUT2D eigenvalue weighted by Gasteiger charge is -2.28. The van der Waals surface area contributed by atoms with Crippen molar-refractivity contribution in [3.63, 3.8) is 0 Å². The Morgan fingerprint density at radius 1 is 1.30 bits per heavy atom. The smallest absolute Gasteiger partial charge is 0.251 e. The fourth-order valence-electron chi connectivity index (χ4n) is 2.63. The quantitative estimate of drug-likeness (QED) is 0.774. The molecular weight excluding hydrogens is 288 g/mol. The van der Waals surface area contributed by atoms with E-state index in [0.717, 1.165) is 12.0 Å². The summed E-state index contributed by atoms with van der Waals surface area (Å²) in [6.45, 7) is 8.56. The molecule has 0 aliphatic rings. The molecule has 0 aliphatic heterocycles. The van der Waals surface area contributed by atoms with E-state index < -0.39 is 5.60 Å². The van der Waals surface area contributed by atoms with Crippen LogP contribution in [0.3, 0.4) is 0 Å². The van der Waals surface area contributed by atoms with Crippen LogP contribution >= 0.6 is 0 Å². The van der Waals surface area contributed by atoms with Crippen molar-refractivity contribution < 1.29 is 9.90 Å². The molecule has 0 heterocycles. The largest absolute Gasteiger partial charge is 0.390 e. The topological polar surface area (TPSA) is 52.6 Å². The van der Waals surface area contributed by atoms with Crippen LogP contribution in [-0.2, 0) is 6.42 Å². The Bertz CT molecular complexity index is 496. The minimum Gasteiger partial charge on any atom is -0.390 e. The molecular formula is C19H32N2O2. The summed E-state index contributed by atoms with van der Waals surface area (Å²) in [5.74, 6) is 0.436. The summed E-state index contributed by atoms with van der Waals surface area (Å²) >= 11 is 0.